The van der Waals surface area contributed by atoms with E-state index in [-0.39, 0.29) is 25.8 Å². The van der Waals surface area contributed by atoms with Gasteiger partial charge in [0, 0.05) is 25.0 Å². The van der Waals surface area contributed by atoms with Crippen LogP contribution in [0.25, 0.3) is 0 Å². The minimum absolute atomic E-state index is 0. The molecule has 0 saturated heterocycles. The molecule has 0 spiro atoms. The monoisotopic (exact) mass is 538 g/mol. The summed E-state index contributed by atoms with van der Waals surface area (Å²) in [6.07, 6.45) is 8.08. The molecule has 3 aliphatic carbocycles. The van der Waals surface area contributed by atoms with Crippen molar-refractivity contribution in [1.82, 2.24) is 4.90 Å². The van der Waals surface area contributed by atoms with E-state index in [9.17, 15) is 18.0 Å². The van der Waals surface area contributed by atoms with E-state index in [0.717, 1.165) is 17.9 Å². The van der Waals surface area contributed by atoms with E-state index in [1.54, 1.807) is 26.0 Å². The Kier molecular flexibility index (Phi) is 10.2. The Hall–Kier alpha value is -1.99. The minimum Gasteiger partial charge on any atom is -0.377 e. The summed E-state index contributed by atoms with van der Waals surface area (Å²) in [5, 5.41) is 3.01. The number of nitrogens with zero attached hydrogens (tertiary/aromatic N) is 1. The zero-order valence-electron chi connectivity index (χ0n) is 22.8. The topological polar surface area (TPSA) is 32.3 Å². The van der Waals surface area contributed by atoms with Gasteiger partial charge in [0.15, 0.2) is 0 Å². The van der Waals surface area contributed by atoms with Crippen molar-refractivity contribution in [1.29, 1.82) is 0 Å². The Morgan fingerprint density at radius 2 is 1.57 bits per heavy atom. The van der Waals surface area contributed by atoms with Crippen LogP contribution in [-0.4, -0.2) is 43.1 Å². The third-order valence-electron chi connectivity index (χ3n) is 8.09. The molecule has 0 radical (unpaired) electrons. The second-order valence-electron chi connectivity index (χ2n) is 11.4. The lowest BCUT2D eigenvalue weighted by Gasteiger charge is -2.50. The Bertz CT molecular complexity index is 1020. The zero-order valence-corrected chi connectivity index (χ0v) is 23.6. The fourth-order valence-corrected chi connectivity index (χ4v) is 6.25. The summed E-state index contributed by atoms with van der Waals surface area (Å²) in [4.78, 5) is 14.4. The molecular formula is C30H45F3N2OS. The Morgan fingerprint density at radius 1 is 1.03 bits per heavy atom. The molecule has 0 unspecified atom stereocenters. The van der Waals surface area contributed by atoms with Crippen LogP contribution in [0.4, 0.5) is 18.9 Å². The summed E-state index contributed by atoms with van der Waals surface area (Å²) >= 11 is 1.53. The van der Waals surface area contributed by atoms with Crippen LogP contribution < -0.4 is 5.32 Å². The van der Waals surface area contributed by atoms with Crippen molar-refractivity contribution in [3.05, 3.63) is 59.4 Å². The number of Topliss-reactive ketones (excluding diaryl/α,β-unsaturated/α-hetero) is 1. The highest BCUT2D eigenvalue weighted by molar-refractivity contribution is 7.99. The van der Waals surface area contributed by atoms with Gasteiger partial charge < -0.3 is 10.2 Å². The lowest BCUT2D eigenvalue weighted by atomic mass is 9.53. The first-order valence-electron chi connectivity index (χ1n) is 13.2. The average Bonchev–Trinajstić information content (AvgIpc) is 2.84. The fourth-order valence-electron chi connectivity index (χ4n) is 5.28. The van der Waals surface area contributed by atoms with Crippen LogP contribution in [0.5, 0.6) is 0 Å². The molecule has 3 saturated carbocycles. The SMILES string of the molecule is CC(=O)C12CCC(C)(CC1)CC2.Cc1cc(F)c(N[C@H](CCN(C)C)CSc2ccc(F)cc2)c(F)c1.[HH].[HH]. The standard InChI is InChI=1S/C19H23F3N2S.C11H18O.2H2/c1-13-10-17(21)19(18(22)11-13)23-15(8-9-24(2)3)12-25-16-6-4-14(20)5-7-16;1-9(12)11-6-3-10(2,4-7-11)5-8-11;;/h4-7,10-11,15,23H,8-9,12H2,1-3H3;3-8H2,1-2H3;2*1H/t15-;;;/m1.../s1. The van der Waals surface area contributed by atoms with E-state index in [2.05, 4.69) is 12.2 Å². The highest BCUT2D eigenvalue weighted by Gasteiger charge is 2.48. The normalized spacial score (nSPS) is 23.4. The number of ketones is 1. The molecule has 7 heteroatoms. The first-order valence-corrected chi connectivity index (χ1v) is 14.2. The predicted octanol–water partition coefficient (Wildman–Crippen LogP) is 8.36. The van der Waals surface area contributed by atoms with Gasteiger partial charge >= 0.3 is 0 Å². The van der Waals surface area contributed by atoms with Gasteiger partial charge in [0.25, 0.3) is 0 Å². The molecule has 3 fully saturated rings. The number of carbonyl (C=O) groups is 1. The molecule has 0 aromatic heterocycles. The Labute approximate surface area is 227 Å². The van der Waals surface area contributed by atoms with E-state index in [4.69, 9.17) is 0 Å². The number of thioether (sulfide) groups is 1. The van der Waals surface area contributed by atoms with Gasteiger partial charge in [-0.15, -0.1) is 11.8 Å². The van der Waals surface area contributed by atoms with E-state index in [0.29, 0.717) is 22.5 Å². The van der Waals surface area contributed by atoms with Crippen LogP contribution in [0.2, 0.25) is 0 Å². The maximum absolute atomic E-state index is 14.1. The van der Waals surface area contributed by atoms with Crippen LogP contribution in [0.1, 0.15) is 67.2 Å². The average molecular weight is 539 g/mol. The number of aryl methyl sites for hydroxylation is 1. The summed E-state index contributed by atoms with van der Waals surface area (Å²) in [6.45, 7) is 6.62. The number of rotatable bonds is 9. The highest BCUT2D eigenvalue weighted by Crippen LogP contribution is 2.56. The van der Waals surface area contributed by atoms with E-state index < -0.39 is 11.6 Å². The van der Waals surface area contributed by atoms with Crippen LogP contribution in [0.15, 0.2) is 41.3 Å². The molecule has 37 heavy (non-hydrogen) atoms. The number of hydrogen-bond acceptors (Lipinski definition) is 4. The lowest BCUT2D eigenvalue weighted by Crippen LogP contribution is -2.43. The second kappa shape index (κ2) is 12.7. The molecule has 2 aromatic carbocycles. The molecule has 2 aromatic rings. The number of anilines is 1. The molecular weight excluding hydrogens is 493 g/mol. The van der Waals surface area contributed by atoms with E-state index in [1.807, 2.05) is 19.0 Å². The number of nitrogens with one attached hydrogen (secondary N) is 1. The van der Waals surface area contributed by atoms with Crippen molar-refractivity contribution in [3.63, 3.8) is 0 Å². The van der Waals surface area contributed by atoms with E-state index >= 15 is 0 Å². The molecule has 1 atom stereocenters. The van der Waals surface area contributed by atoms with Crippen molar-refractivity contribution >= 4 is 23.2 Å². The molecule has 0 aliphatic heterocycles. The van der Waals surface area contributed by atoms with Crippen LogP contribution >= 0.6 is 11.8 Å². The third-order valence-corrected chi connectivity index (χ3v) is 9.27. The number of halogens is 3. The first kappa shape index (κ1) is 29.6. The van der Waals surface area contributed by atoms with Gasteiger partial charge in [0.2, 0.25) is 0 Å². The second-order valence-corrected chi connectivity index (χ2v) is 12.5. The predicted molar refractivity (Wildman–Crippen MR) is 152 cm³/mol. The molecule has 0 amide bonds. The largest absolute Gasteiger partial charge is 0.377 e. The quantitative estimate of drug-likeness (QED) is 0.325. The molecule has 1 N–H and O–H groups in total. The minimum atomic E-state index is -0.584. The van der Waals surface area contributed by atoms with Crippen molar-refractivity contribution in [2.24, 2.45) is 10.8 Å². The number of benzene rings is 2. The highest BCUT2D eigenvalue weighted by atomic mass is 32.2. The summed E-state index contributed by atoms with van der Waals surface area (Å²) in [5.74, 6) is -0.385. The van der Waals surface area contributed by atoms with E-state index in [1.165, 1.54) is 74.6 Å². The number of fused-ring (bicyclic) bond motifs is 3. The van der Waals surface area contributed by atoms with Crippen LogP contribution in [0.3, 0.4) is 0 Å². The number of hydrogen-bond donors (Lipinski definition) is 1. The van der Waals surface area contributed by atoms with Crippen molar-refractivity contribution in [2.45, 2.75) is 76.7 Å². The summed E-state index contributed by atoms with van der Waals surface area (Å²) < 4.78 is 41.2. The summed E-state index contributed by atoms with van der Waals surface area (Å²) in [7, 11) is 3.91. The van der Waals surface area contributed by atoms with Crippen LogP contribution in [-0.2, 0) is 4.79 Å². The molecule has 0 heterocycles. The van der Waals surface area contributed by atoms with Crippen molar-refractivity contribution in [2.75, 3.05) is 31.7 Å². The zero-order chi connectivity index (χ0) is 27.2. The Morgan fingerprint density at radius 3 is 2.05 bits per heavy atom. The Balaban J connectivity index is 0.000000456. The molecule has 3 nitrogen and oxygen atoms in total. The molecule has 5 rings (SSSR count). The molecule has 2 bridgehead atoms. The molecule has 3 aliphatic rings. The summed E-state index contributed by atoms with van der Waals surface area (Å²) in [5.41, 5.74) is 1.18. The smallest absolute Gasteiger partial charge is 0.149 e. The van der Waals surface area contributed by atoms with Gasteiger partial charge in [-0.1, -0.05) is 6.92 Å². The molecule has 208 valence electrons. The fraction of sp³-hybridized carbons (Fsp3) is 0.567. The van der Waals surface area contributed by atoms with Gasteiger partial charge in [-0.3, -0.25) is 4.79 Å². The van der Waals surface area contributed by atoms with Gasteiger partial charge in [-0.25, -0.2) is 13.2 Å². The van der Waals surface area contributed by atoms with Gasteiger partial charge in [0.1, 0.15) is 28.9 Å². The first-order chi connectivity index (χ1) is 17.4. The van der Waals surface area contributed by atoms with Crippen molar-refractivity contribution < 1.29 is 20.8 Å². The van der Waals surface area contributed by atoms with Gasteiger partial charge in [-0.2, -0.15) is 0 Å². The third kappa shape index (κ3) is 8.25. The maximum Gasteiger partial charge on any atom is 0.149 e. The van der Waals surface area contributed by atoms with Gasteiger partial charge in [0.05, 0.1) is 0 Å². The van der Waals surface area contributed by atoms with Crippen LogP contribution in [0, 0.1) is 35.2 Å². The number of carbonyl (C=O) groups excluding carboxylic acids is 1. The lowest BCUT2D eigenvalue weighted by molar-refractivity contribution is -0.135. The van der Waals surface area contributed by atoms with Crippen molar-refractivity contribution in [3.8, 4) is 0 Å². The maximum atomic E-state index is 14.1. The van der Waals surface area contributed by atoms with Gasteiger partial charge in [-0.05, 0) is 127 Å². The summed E-state index contributed by atoms with van der Waals surface area (Å²) in [6, 6.07) is 8.74.